The minimum absolute atomic E-state index is 0.0578. The average Bonchev–Trinajstić information content (AvgIpc) is 2.90. The van der Waals surface area contributed by atoms with Gasteiger partial charge in [0.15, 0.2) is 11.4 Å². The number of ketones is 1. The summed E-state index contributed by atoms with van der Waals surface area (Å²) in [5.74, 6) is 0.144. The zero-order valence-electron chi connectivity index (χ0n) is 14.7. The van der Waals surface area contributed by atoms with Crippen molar-refractivity contribution in [3.8, 4) is 11.1 Å². The summed E-state index contributed by atoms with van der Waals surface area (Å²) in [6.45, 7) is 4.63. The van der Waals surface area contributed by atoms with Crippen LogP contribution in [0.25, 0.3) is 16.8 Å². The molecule has 0 bridgehead atoms. The van der Waals surface area contributed by atoms with Gasteiger partial charge in [0.25, 0.3) is 0 Å². The van der Waals surface area contributed by atoms with Gasteiger partial charge in [0.05, 0.1) is 29.1 Å². The molecule has 5 heteroatoms. The van der Waals surface area contributed by atoms with Gasteiger partial charge < -0.3 is 4.74 Å². The number of nitrogens with zero attached hydrogens (tertiary/aromatic N) is 3. The van der Waals surface area contributed by atoms with Crippen molar-refractivity contribution < 1.29 is 9.53 Å². The quantitative estimate of drug-likeness (QED) is 0.732. The van der Waals surface area contributed by atoms with Crippen LogP contribution in [0, 0.1) is 5.41 Å². The van der Waals surface area contributed by atoms with Gasteiger partial charge in [0, 0.05) is 19.7 Å². The molecule has 0 spiro atoms. The van der Waals surface area contributed by atoms with Crippen LogP contribution in [-0.4, -0.2) is 27.5 Å². The number of hydrogen-bond donors (Lipinski definition) is 0. The largest absolute Gasteiger partial charge is 0.378 e. The van der Waals surface area contributed by atoms with E-state index in [0.29, 0.717) is 18.6 Å². The molecule has 2 aromatic heterocycles. The van der Waals surface area contributed by atoms with Gasteiger partial charge >= 0.3 is 0 Å². The average molecular weight is 335 g/mol. The summed E-state index contributed by atoms with van der Waals surface area (Å²) >= 11 is 0. The molecule has 128 valence electrons. The number of Topliss-reactive ketones (excluding diaryl/α,β-unsaturated/α-hetero) is 1. The molecule has 5 nitrogen and oxygen atoms in total. The lowest BCUT2D eigenvalue weighted by Crippen LogP contribution is -2.28. The Kier molecular flexibility index (Phi) is 3.69. The van der Waals surface area contributed by atoms with Gasteiger partial charge in [-0.15, -0.1) is 0 Å². The summed E-state index contributed by atoms with van der Waals surface area (Å²) in [6.07, 6.45) is 3.18. The number of carbonyl (C=O) groups excluding carboxylic acids is 1. The van der Waals surface area contributed by atoms with Crippen molar-refractivity contribution in [2.45, 2.75) is 33.3 Å². The monoisotopic (exact) mass is 335 g/mol. The number of hydrogen-bond acceptors (Lipinski definition) is 4. The molecule has 4 rings (SSSR count). The molecule has 3 aromatic rings. The molecule has 0 amide bonds. The Morgan fingerprint density at radius 2 is 1.96 bits per heavy atom. The summed E-state index contributed by atoms with van der Waals surface area (Å²) < 4.78 is 7.06. The molecule has 0 unspecified atom stereocenters. The van der Waals surface area contributed by atoms with Crippen molar-refractivity contribution >= 4 is 11.4 Å². The summed E-state index contributed by atoms with van der Waals surface area (Å²) in [6, 6.07) is 10.1. The molecule has 1 aliphatic carbocycles. The highest BCUT2D eigenvalue weighted by atomic mass is 16.5. The molecular formula is C20H21N3O2. The molecule has 0 aliphatic heterocycles. The number of carbonyl (C=O) groups is 1. The third-order valence-electron chi connectivity index (χ3n) is 4.69. The molecule has 1 aromatic carbocycles. The van der Waals surface area contributed by atoms with E-state index in [0.717, 1.165) is 34.6 Å². The lowest BCUT2D eigenvalue weighted by molar-refractivity contribution is 0.0909. The Bertz CT molecular complexity index is 958. The van der Waals surface area contributed by atoms with Crippen molar-refractivity contribution in [1.29, 1.82) is 0 Å². The Morgan fingerprint density at radius 3 is 2.68 bits per heavy atom. The SMILES string of the molecule is COCc1nn2cc3c(nc2c1-c1ccccc1)CC(C)(C)CC3=O. The molecule has 25 heavy (non-hydrogen) atoms. The lowest BCUT2D eigenvalue weighted by atomic mass is 9.76. The fourth-order valence-electron chi connectivity index (χ4n) is 3.60. The molecule has 0 saturated carbocycles. The number of ether oxygens (including phenoxy) is 1. The summed E-state index contributed by atoms with van der Waals surface area (Å²) in [7, 11) is 1.66. The first kappa shape index (κ1) is 16.0. The maximum absolute atomic E-state index is 12.5. The third kappa shape index (κ3) is 2.74. The van der Waals surface area contributed by atoms with Crippen LogP contribution in [-0.2, 0) is 17.8 Å². The fourth-order valence-corrected chi connectivity index (χ4v) is 3.60. The van der Waals surface area contributed by atoms with E-state index >= 15 is 0 Å². The smallest absolute Gasteiger partial charge is 0.166 e. The fraction of sp³-hybridized carbons (Fsp3) is 0.350. The number of methoxy groups -OCH3 is 1. The zero-order valence-corrected chi connectivity index (χ0v) is 14.7. The van der Waals surface area contributed by atoms with Crippen LogP contribution in [0.3, 0.4) is 0 Å². The van der Waals surface area contributed by atoms with Crippen LogP contribution in [0.5, 0.6) is 0 Å². The minimum atomic E-state index is -0.0578. The zero-order chi connectivity index (χ0) is 17.6. The first-order chi connectivity index (χ1) is 12.0. The summed E-state index contributed by atoms with van der Waals surface area (Å²) in [5, 5.41) is 4.63. The van der Waals surface area contributed by atoms with E-state index in [-0.39, 0.29) is 11.2 Å². The van der Waals surface area contributed by atoms with Crippen LogP contribution < -0.4 is 0 Å². The Morgan fingerprint density at radius 1 is 1.20 bits per heavy atom. The summed E-state index contributed by atoms with van der Waals surface area (Å²) in [4.78, 5) is 17.4. The maximum Gasteiger partial charge on any atom is 0.166 e. The number of rotatable bonds is 3. The second kappa shape index (κ2) is 5.77. The minimum Gasteiger partial charge on any atom is -0.378 e. The standard InChI is InChI=1S/C20H21N3O2/c1-20(2)9-15-14(17(24)10-20)11-23-19(21-15)18(16(22-23)12-25-3)13-7-5-4-6-8-13/h4-8,11H,9-10,12H2,1-3H3. The van der Waals surface area contributed by atoms with Crippen molar-refractivity contribution in [3.05, 3.63) is 53.5 Å². The van der Waals surface area contributed by atoms with Crippen LogP contribution in [0.1, 0.15) is 42.0 Å². The molecule has 0 atom stereocenters. The van der Waals surface area contributed by atoms with E-state index in [1.54, 1.807) is 11.6 Å². The van der Waals surface area contributed by atoms with Crippen molar-refractivity contribution in [1.82, 2.24) is 14.6 Å². The van der Waals surface area contributed by atoms with E-state index in [2.05, 4.69) is 18.9 Å². The van der Waals surface area contributed by atoms with Gasteiger partial charge in [0.1, 0.15) is 0 Å². The van der Waals surface area contributed by atoms with Crippen molar-refractivity contribution in [3.63, 3.8) is 0 Å². The number of fused-ring (bicyclic) bond motifs is 2. The second-order valence-corrected chi connectivity index (χ2v) is 7.43. The van der Waals surface area contributed by atoms with Gasteiger partial charge in [-0.2, -0.15) is 5.10 Å². The number of aromatic nitrogens is 3. The van der Waals surface area contributed by atoms with Crippen LogP contribution in [0.2, 0.25) is 0 Å². The van der Waals surface area contributed by atoms with Crippen molar-refractivity contribution in [2.75, 3.05) is 7.11 Å². The van der Waals surface area contributed by atoms with E-state index < -0.39 is 0 Å². The third-order valence-corrected chi connectivity index (χ3v) is 4.69. The molecule has 0 radical (unpaired) electrons. The van der Waals surface area contributed by atoms with E-state index in [4.69, 9.17) is 9.72 Å². The normalized spacial score (nSPS) is 16.2. The maximum atomic E-state index is 12.5. The lowest BCUT2D eigenvalue weighted by Gasteiger charge is -2.29. The first-order valence-corrected chi connectivity index (χ1v) is 8.47. The molecular weight excluding hydrogens is 314 g/mol. The van der Waals surface area contributed by atoms with Gasteiger partial charge in [-0.1, -0.05) is 44.2 Å². The highest BCUT2D eigenvalue weighted by Crippen LogP contribution is 2.35. The predicted molar refractivity (Wildman–Crippen MR) is 95.6 cm³/mol. The van der Waals surface area contributed by atoms with Crippen LogP contribution in [0.15, 0.2) is 36.5 Å². The first-order valence-electron chi connectivity index (χ1n) is 8.47. The highest BCUT2D eigenvalue weighted by molar-refractivity contribution is 5.98. The molecule has 0 N–H and O–H groups in total. The van der Waals surface area contributed by atoms with Crippen molar-refractivity contribution in [2.24, 2.45) is 5.41 Å². The van der Waals surface area contributed by atoms with Gasteiger partial charge in [0.2, 0.25) is 0 Å². The Hall–Kier alpha value is -2.53. The highest BCUT2D eigenvalue weighted by Gasteiger charge is 2.33. The van der Waals surface area contributed by atoms with Gasteiger partial charge in [-0.3, -0.25) is 4.79 Å². The van der Waals surface area contributed by atoms with Gasteiger partial charge in [-0.05, 0) is 17.4 Å². The summed E-state index contributed by atoms with van der Waals surface area (Å²) in [5.41, 5.74) is 5.14. The van der Waals surface area contributed by atoms with Crippen LogP contribution in [0.4, 0.5) is 0 Å². The van der Waals surface area contributed by atoms with E-state index in [1.165, 1.54) is 0 Å². The topological polar surface area (TPSA) is 56.5 Å². The number of benzene rings is 1. The van der Waals surface area contributed by atoms with Gasteiger partial charge in [-0.25, -0.2) is 9.50 Å². The predicted octanol–water partition coefficient (Wildman–Crippen LogP) is 3.70. The van der Waals surface area contributed by atoms with Crippen LogP contribution >= 0.6 is 0 Å². The molecule has 0 saturated heterocycles. The van der Waals surface area contributed by atoms with E-state index in [9.17, 15) is 4.79 Å². The Balaban J connectivity index is 1.98. The molecule has 2 heterocycles. The van der Waals surface area contributed by atoms with E-state index in [1.807, 2.05) is 36.5 Å². The molecule has 1 aliphatic rings. The Labute approximate surface area is 146 Å². The second-order valence-electron chi connectivity index (χ2n) is 7.43. The molecule has 0 fully saturated rings.